The van der Waals surface area contributed by atoms with Crippen molar-refractivity contribution in [3.63, 3.8) is 0 Å². The molecule has 1 saturated heterocycles. The molecule has 0 saturated carbocycles. The van der Waals surface area contributed by atoms with Crippen LogP contribution in [0.15, 0.2) is 54.6 Å². The van der Waals surface area contributed by atoms with Crippen LogP contribution < -0.4 is 0 Å². The minimum Gasteiger partial charge on any atom is -0.463 e. The minimum atomic E-state index is -0.826. The zero-order chi connectivity index (χ0) is 17.2. The fraction of sp³-hybridized carbons (Fsp3) is 0.238. The zero-order valence-electron chi connectivity index (χ0n) is 13.7. The molecule has 25 heavy (non-hydrogen) atoms. The number of hydrogen-bond acceptors (Lipinski definition) is 4. The third-order valence-corrected chi connectivity index (χ3v) is 4.59. The number of hydrogen-bond donors (Lipinski definition) is 0. The van der Waals surface area contributed by atoms with Gasteiger partial charge in [0, 0.05) is 0 Å². The Kier molecular flexibility index (Phi) is 4.10. The molecule has 1 unspecified atom stereocenters. The SMILES string of the molecule is O=C(OC1CCCCOC1=O)c1c2ccccc2cc2ccccc12. The van der Waals surface area contributed by atoms with Crippen LogP contribution in [0, 0.1) is 0 Å². The van der Waals surface area contributed by atoms with E-state index in [1.165, 1.54) is 0 Å². The molecule has 4 rings (SSSR count). The molecule has 126 valence electrons. The lowest BCUT2D eigenvalue weighted by atomic mass is 9.97. The van der Waals surface area contributed by atoms with Gasteiger partial charge in [-0.05, 0) is 46.9 Å². The maximum absolute atomic E-state index is 13.0. The van der Waals surface area contributed by atoms with Crippen molar-refractivity contribution >= 4 is 33.5 Å². The summed E-state index contributed by atoms with van der Waals surface area (Å²) in [6, 6.07) is 17.5. The van der Waals surface area contributed by atoms with E-state index >= 15 is 0 Å². The molecule has 1 heterocycles. The Morgan fingerprint density at radius 3 is 2.28 bits per heavy atom. The van der Waals surface area contributed by atoms with Gasteiger partial charge in [-0.2, -0.15) is 0 Å². The summed E-state index contributed by atoms with van der Waals surface area (Å²) in [7, 11) is 0. The summed E-state index contributed by atoms with van der Waals surface area (Å²) < 4.78 is 10.7. The van der Waals surface area contributed by atoms with Gasteiger partial charge < -0.3 is 9.47 Å². The second-order valence-electron chi connectivity index (χ2n) is 6.25. The summed E-state index contributed by atoms with van der Waals surface area (Å²) in [6.07, 6.45) is 1.29. The Balaban J connectivity index is 1.80. The maximum Gasteiger partial charge on any atom is 0.347 e. The van der Waals surface area contributed by atoms with Crippen LogP contribution in [-0.2, 0) is 14.3 Å². The van der Waals surface area contributed by atoms with E-state index in [-0.39, 0.29) is 0 Å². The standard InChI is InChI=1S/C21H18O4/c22-20-18(11-5-6-12-24-20)25-21(23)19-16-9-3-1-7-14(16)13-15-8-2-4-10-17(15)19/h1-4,7-10,13,18H,5-6,11-12H2. The molecule has 1 aliphatic rings. The lowest BCUT2D eigenvalue weighted by molar-refractivity contribution is -0.152. The number of carbonyl (C=O) groups excluding carboxylic acids is 2. The Labute approximate surface area is 145 Å². The van der Waals surface area contributed by atoms with Crippen LogP contribution >= 0.6 is 0 Å². The fourth-order valence-corrected chi connectivity index (χ4v) is 3.34. The van der Waals surface area contributed by atoms with E-state index in [1.807, 2.05) is 48.5 Å². The Bertz CT molecular complexity index is 906. The lowest BCUT2D eigenvalue weighted by Crippen LogP contribution is -2.28. The van der Waals surface area contributed by atoms with Gasteiger partial charge in [-0.25, -0.2) is 9.59 Å². The quantitative estimate of drug-likeness (QED) is 0.519. The summed E-state index contributed by atoms with van der Waals surface area (Å²) in [4.78, 5) is 25.0. The van der Waals surface area contributed by atoms with Gasteiger partial charge in [0.05, 0.1) is 12.2 Å². The van der Waals surface area contributed by atoms with Gasteiger partial charge in [0.15, 0.2) is 6.10 Å². The maximum atomic E-state index is 13.0. The molecule has 1 fully saturated rings. The molecule has 1 aliphatic heterocycles. The number of benzene rings is 3. The van der Waals surface area contributed by atoms with Gasteiger partial charge in [-0.1, -0.05) is 48.5 Å². The zero-order valence-corrected chi connectivity index (χ0v) is 13.7. The highest BCUT2D eigenvalue weighted by molar-refractivity contribution is 6.16. The summed E-state index contributed by atoms with van der Waals surface area (Å²) >= 11 is 0. The van der Waals surface area contributed by atoms with Gasteiger partial charge in [0.2, 0.25) is 0 Å². The van der Waals surface area contributed by atoms with Gasteiger partial charge in [0.1, 0.15) is 0 Å². The average molecular weight is 334 g/mol. The summed E-state index contributed by atoms with van der Waals surface area (Å²) in [6.45, 7) is 0.393. The highest BCUT2D eigenvalue weighted by Crippen LogP contribution is 2.29. The first kappa shape index (κ1) is 15.6. The van der Waals surface area contributed by atoms with Crippen molar-refractivity contribution < 1.29 is 19.1 Å². The highest BCUT2D eigenvalue weighted by Gasteiger charge is 2.28. The second kappa shape index (κ2) is 6.55. The highest BCUT2D eigenvalue weighted by atomic mass is 16.6. The molecule has 4 nitrogen and oxygen atoms in total. The smallest absolute Gasteiger partial charge is 0.347 e. The first-order valence-corrected chi connectivity index (χ1v) is 8.52. The van der Waals surface area contributed by atoms with Crippen LogP contribution in [0.25, 0.3) is 21.5 Å². The summed E-state index contributed by atoms with van der Waals surface area (Å²) in [5.41, 5.74) is 0.505. The number of ether oxygens (including phenoxy) is 2. The fourth-order valence-electron chi connectivity index (χ4n) is 3.34. The molecule has 0 aliphatic carbocycles. The topological polar surface area (TPSA) is 52.6 Å². The molecule has 3 aromatic rings. The van der Waals surface area contributed by atoms with Crippen molar-refractivity contribution in [2.45, 2.75) is 25.4 Å². The lowest BCUT2D eigenvalue weighted by Gasteiger charge is -2.16. The predicted molar refractivity (Wildman–Crippen MR) is 95.5 cm³/mol. The summed E-state index contributed by atoms with van der Waals surface area (Å²) in [5, 5.41) is 3.59. The van der Waals surface area contributed by atoms with Gasteiger partial charge >= 0.3 is 11.9 Å². The van der Waals surface area contributed by atoms with Crippen molar-refractivity contribution in [3.8, 4) is 0 Å². The summed E-state index contributed by atoms with van der Waals surface area (Å²) in [5.74, 6) is -0.924. The Hall–Kier alpha value is -2.88. The Morgan fingerprint density at radius 1 is 0.960 bits per heavy atom. The number of fused-ring (bicyclic) bond motifs is 2. The van der Waals surface area contributed by atoms with Crippen molar-refractivity contribution in [2.75, 3.05) is 6.61 Å². The van der Waals surface area contributed by atoms with E-state index in [0.717, 1.165) is 34.4 Å². The van der Waals surface area contributed by atoms with E-state index in [4.69, 9.17) is 9.47 Å². The molecule has 0 aromatic heterocycles. The van der Waals surface area contributed by atoms with Crippen LogP contribution in [0.4, 0.5) is 0 Å². The molecule has 4 heteroatoms. The number of esters is 2. The van der Waals surface area contributed by atoms with Crippen molar-refractivity contribution in [1.29, 1.82) is 0 Å². The first-order chi connectivity index (χ1) is 12.2. The van der Waals surface area contributed by atoms with E-state index in [1.54, 1.807) is 0 Å². The average Bonchev–Trinajstić information content (AvgIpc) is 2.84. The molecule has 0 spiro atoms. The molecule has 0 bridgehead atoms. The van der Waals surface area contributed by atoms with E-state index in [0.29, 0.717) is 18.6 Å². The van der Waals surface area contributed by atoms with E-state index < -0.39 is 18.0 Å². The number of carbonyl (C=O) groups is 2. The molecule has 0 amide bonds. The van der Waals surface area contributed by atoms with Crippen LogP contribution in [0.5, 0.6) is 0 Å². The first-order valence-electron chi connectivity index (χ1n) is 8.52. The van der Waals surface area contributed by atoms with E-state index in [9.17, 15) is 9.59 Å². The van der Waals surface area contributed by atoms with E-state index in [2.05, 4.69) is 6.07 Å². The third-order valence-electron chi connectivity index (χ3n) is 4.59. The second-order valence-corrected chi connectivity index (χ2v) is 6.25. The molecule has 3 aromatic carbocycles. The molecule has 1 atom stereocenters. The minimum absolute atomic E-state index is 0.393. The van der Waals surface area contributed by atoms with Crippen molar-refractivity contribution in [1.82, 2.24) is 0 Å². The molecular weight excluding hydrogens is 316 g/mol. The van der Waals surface area contributed by atoms with Crippen LogP contribution in [0.2, 0.25) is 0 Å². The Morgan fingerprint density at radius 2 is 1.60 bits per heavy atom. The normalized spacial score (nSPS) is 17.9. The number of cyclic esters (lactones) is 1. The van der Waals surface area contributed by atoms with Crippen molar-refractivity contribution in [2.24, 2.45) is 0 Å². The molecule has 0 N–H and O–H groups in total. The third kappa shape index (κ3) is 2.95. The monoisotopic (exact) mass is 334 g/mol. The number of rotatable bonds is 2. The van der Waals surface area contributed by atoms with Crippen LogP contribution in [-0.4, -0.2) is 24.6 Å². The van der Waals surface area contributed by atoms with Crippen LogP contribution in [0.1, 0.15) is 29.6 Å². The predicted octanol–water partition coefficient (Wildman–Crippen LogP) is 4.25. The molecular formula is C21H18O4. The van der Waals surface area contributed by atoms with Gasteiger partial charge in [-0.15, -0.1) is 0 Å². The van der Waals surface area contributed by atoms with Gasteiger partial charge in [0.25, 0.3) is 0 Å². The molecule has 0 radical (unpaired) electrons. The van der Waals surface area contributed by atoms with Crippen molar-refractivity contribution in [3.05, 3.63) is 60.2 Å². The van der Waals surface area contributed by atoms with Gasteiger partial charge in [-0.3, -0.25) is 0 Å². The van der Waals surface area contributed by atoms with Crippen LogP contribution in [0.3, 0.4) is 0 Å². The largest absolute Gasteiger partial charge is 0.463 e.